The van der Waals surface area contributed by atoms with E-state index in [0.29, 0.717) is 36.5 Å². The van der Waals surface area contributed by atoms with Crippen LogP contribution >= 0.6 is 0 Å². The summed E-state index contributed by atoms with van der Waals surface area (Å²) in [4.78, 5) is 44.3. The molecule has 0 bridgehead atoms. The van der Waals surface area contributed by atoms with Crippen LogP contribution in [0.15, 0.2) is 73.3 Å². The van der Waals surface area contributed by atoms with Crippen LogP contribution in [-0.4, -0.2) is 36.2 Å². The van der Waals surface area contributed by atoms with Gasteiger partial charge >= 0.3 is 41.5 Å². The number of anilines is 1. The minimum atomic E-state index is -1.01. The van der Waals surface area contributed by atoms with Gasteiger partial charge in [0.1, 0.15) is 12.2 Å². The maximum atomic E-state index is 13.8. The predicted octanol–water partition coefficient (Wildman–Crippen LogP) is 4.39. The van der Waals surface area contributed by atoms with E-state index in [4.69, 9.17) is 14.3 Å². The van der Waals surface area contributed by atoms with Gasteiger partial charge in [0.25, 0.3) is 0 Å². The van der Waals surface area contributed by atoms with Crippen molar-refractivity contribution in [3.8, 4) is 0 Å². The van der Waals surface area contributed by atoms with Crippen molar-refractivity contribution in [3.63, 3.8) is 0 Å². The Morgan fingerprint density at radius 2 is 1.65 bits per heavy atom. The molecule has 0 aromatic heterocycles. The average Bonchev–Trinajstić information content (AvgIpc) is 3.75. The molecule has 2 aromatic rings. The van der Waals surface area contributed by atoms with Crippen molar-refractivity contribution < 1.29 is 63.4 Å². The van der Waals surface area contributed by atoms with Crippen LogP contribution in [0.1, 0.15) is 103 Å². The van der Waals surface area contributed by atoms with E-state index < -0.39 is 12.1 Å². The number of hydrogen-bond donors (Lipinski definition) is 0. The van der Waals surface area contributed by atoms with Gasteiger partial charge in [-0.05, 0) is 123 Å². The van der Waals surface area contributed by atoms with Gasteiger partial charge in [0, 0.05) is 23.9 Å². The number of esters is 2. The SMILES string of the molecule is C=CC(=O)O[C@H]1C[C@H]2[C@@H](CC[C@@H]3C[C@H](OC(=O)[C@@H]4C[C@@H](c5ccccc5)N(c5ccccc5)O4)CC[C@@]32C)[C@@H]2CC[C@H]([C@H](C)CCC(=O)[O-])[C@@]12C.[Na+]. The van der Waals surface area contributed by atoms with Crippen molar-refractivity contribution in [1.29, 1.82) is 0 Å². The summed E-state index contributed by atoms with van der Waals surface area (Å²) in [7, 11) is 0. The fourth-order valence-corrected chi connectivity index (χ4v) is 11.8. The molecule has 0 N–H and O–H groups in total. The molecule has 2 aromatic carbocycles. The number of hydrogen-bond acceptors (Lipinski definition) is 8. The number of carbonyl (C=O) groups excluding carboxylic acids is 3. The number of benzene rings is 2. The molecular formula is C43H54NNaO7. The number of ether oxygens (including phenoxy) is 2. The minimum absolute atomic E-state index is 0. The van der Waals surface area contributed by atoms with E-state index >= 15 is 0 Å². The number of aliphatic carboxylic acids is 1. The van der Waals surface area contributed by atoms with Crippen LogP contribution in [-0.2, 0) is 28.7 Å². The number of carboxylic acid groups (broad SMARTS) is 1. The summed E-state index contributed by atoms with van der Waals surface area (Å²) < 4.78 is 12.6. The number of hydroxylamine groups is 1. The van der Waals surface area contributed by atoms with Gasteiger partial charge in [-0.1, -0.05) is 75.9 Å². The minimum Gasteiger partial charge on any atom is -0.550 e. The summed E-state index contributed by atoms with van der Waals surface area (Å²) in [5, 5.41) is 13.2. The first-order valence-corrected chi connectivity index (χ1v) is 19.3. The van der Waals surface area contributed by atoms with Crippen molar-refractivity contribution in [2.75, 3.05) is 5.06 Å². The Hall–Kier alpha value is -2.65. The molecule has 9 heteroatoms. The molecule has 1 heterocycles. The van der Waals surface area contributed by atoms with E-state index in [-0.39, 0.29) is 88.8 Å². The second-order valence-corrected chi connectivity index (χ2v) is 16.7. The van der Waals surface area contributed by atoms with Gasteiger partial charge in [-0.25, -0.2) is 14.7 Å². The Balaban J connectivity index is 0.00000464. The van der Waals surface area contributed by atoms with Gasteiger partial charge in [0.2, 0.25) is 0 Å². The van der Waals surface area contributed by atoms with Crippen molar-refractivity contribution in [2.45, 2.75) is 116 Å². The maximum absolute atomic E-state index is 13.8. The Morgan fingerprint density at radius 3 is 2.35 bits per heavy atom. The summed E-state index contributed by atoms with van der Waals surface area (Å²) in [5.74, 6) is 0.549. The molecule has 5 fully saturated rings. The first-order valence-electron chi connectivity index (χ1n) is 19.3. The van der Waals surface area contributed by atoms with Crippen molar-refractivity contribution in [1.82, 2.24) is 0 Å². The predicted molar refractivity (Wildman–Crippen MR) is 192 cm³/mol. The van der Waals surface area contributed by atoms with Crippen molar-refractivity contribution in [2.24, 2.45) is 46.3 Å². The normalized spacial score (nSPS) is 37.0. The third kappa shape index (κ3) is 7.26. The zero-order valence-electron chi connectivity index (χ0n) is 31.4. The quantitative estimate of drug-likeness (QED) is 0.203. The van der Waals surface area contributed by atoms with E-state index in [1.54, 1.807) is 0 Å². The molecule has 52 heavy (non-hydrogen) atoms. The molecule has 4 saturated carbocycles. The molecule has 5 aliphatic rings. The van der Waals surface area contributed by atoms with Crippen LogP contribution in [0.4, 0.5) is 5.69 Å². The fraction of sp³-hybridized carbons (Fsp3) is 0.605. The molecule has 0 radical (unpaired) electrons. The summed E-state index contributed by atoms with van der Waals surface area (Å²) in [6.45, 7) is 10.6. The third-order valence-corrected chi connectivity index (χ3v) is 14.4. The van der Waals surface area contributed by atoms with Crippen LogP contribution < -0.4 is 39.7 Å². The summed E-state index contributed by atoms with van der Waals surface area (Å²) >= 11 is 0. The molecule has 1 saturated heterocycles. The van der Waals surface area contributed by atoms with Gasteiger partial charge in [-0.2, -0.15) is 0 Å². The van der Waals surface area contributed by atoms with Gasteiger partial charge in [-0.15, -0.1) is 0 Å². The second kappa shape index (κ2) is 16.0. The van der Waals surface area contributed by atoms with E-state index in [0.717, 1.165) is 62.6 Å². The van der Waals surface area contributed by atoms with Crippen LogP contribution in [0.5, 0.6) is 0 Å². The number of para-hydroxylation sites is 1. The van der Waals surface area contributed by atoms with E-state index in [9.17, 15) is 19.5 Å². The van der Waals surface area contributed by atoms with Gasteiger partial charge < -0.3 is 19.4 Å². The standard InChI is InChI=1S/C43H55NO7.Na/c1-5-40(47)50-38-25-35-32(34-20-19-33(43(34,38)4)27(2)16-21-39(45)46)18-17-29-24-31(22-23-42(29,35)3)49-41(48)37-26-36(28-12-8-6-9-13-28)44(51-37)30-14-10-7-11-15-30;/h5-15,27,29,31-38H,1,16-26H2,2-4H3,(H,45,46);/q;+1/p-1/t27-,29-,31-,32+,33-,34+,35+,36+,37+,38+,42+,43-;/m1./s1. The summed E-state index contributed by atoms with van der Waals surface area (Å²) in [5.41, 5.74) is 1.85. The van der Waals surface area contributed by atoms with E-state index in [1.807, 2.05) is 53.6 Å². The number of nitrogens with zero attached hydrogens (tertiary/aromatic N) is 1. The molecule has 0 unspecified atom stereocenters. The van der Waals surface area contributed by atoms with Gasteiger partial charge in [0.05, 0.1) is 11.7 Å². The zero-order valence-corrected chi connectivity index (χ0v) is 33.4. The number of fused-ring (bicyclic) bond motifs is 5. The smallest absolute Gasteiger partial charge is 0.550 e. The average molecular weight is 720 g/mol. The first kappa shape index (κ1) is 39.1. The van der Waals surface area contributed by atoms with Crippen LogP contribution in [0.3, 0.4) is 0 Å². The first-order chi connectivity index (χ1) is 24.5. The number of carboxylic acids is 1. The molecular weight excluding hydrogens is 665 g/mol. The molecule has 0 amide bonds. The topological polar surface area (TPSA) is 105 Å². The molecule has 1 aliphatic heterocycles. The van der Waals surface area contributed by atoms with E-state index in [2.05, 4.69) is 39.5 Å². The molecule has 7 rings (SSSR count). The molecule has 8 nitrogen and oxygen atoms in total. The fourth-order valence-electron chi connectivity index (χ4n) is 11.8. The number of carbonyl (C=O) groups is 3. The van der Waals surface area contributed by atoms with Crippen LogP contribution in [0.25, 0.3) is 0 Å². The Kier molecular flexibility index (Phi) is 12.0. The molecule has 4 aliphatic carbocycles. The van der Waals surface area contributed by atoms with Crippen LogP contribution in [0, 0.1) is 46.3 Å². The third-order valence-electron chi connectivity index (χ3n) is 14.4. The number of rotatable bonds is 10. The van der Waals surface area contributed by atoms with E-state index in [1.165, 1.54) is 6.08 Å². The molecule has 12 atom stereocenters. The Bertz CT molecular complexity index is 1540. The maximum Gasteiger partial charge on any atom is 1.00 e. The van der Waals surface area contributed by atoms with Crippen molar-refractivity contribution in [3.05, 3.63) is 78.9 Å². The summed E-state index contributed by atoms with van der Waals surface area (Å²) in [6.07, 6.45) is 9.07. The second-order valence-electron chi connectivity index (χ2n) is 16.7. The largest absolute Gasteiger partial charge is 1.00 e. The Labute approximate surface area is 331 Å². The zero-order chi connectivity index (χ0) is 35.9. The summed E-state index contributed by atoms with van der Waals surface area (Å²) in [6, 6.07) is 20.0. The van der Waals surface area contributed by atoms with Crippen molar-refractivity contribution >= 4 is 23.6 Å². The van der Waals surface area contributed by atoms with Crippen LogP contribution in [0.2, 0.25) is 0 Å². The monoisotopic (exact) mass is 719 g/mol. The molecule has 274 valence electrons. The van der Waals surface area contributed by atoms with Gasteiger partial charge in [-0.3, -0.25) is 4.84 Å². The Morgan fingerprint density at radius 1 is 0.942 bits per heavy atom. The molecule has 0 spiro atoms. The van der Waals surface area contributed by atoms with Gasteiger partial charge in [0.15, 0.2) is 6.10 Å².